The zero-order valence-corrected chi connectivity index (χ0v) is 9.22. The summed E-state index contributed by atoms with van der Waals surface area (Å²) < 4.78 is 1.66. The molecule has 0 aliphatic carbocycles. The highest BCUT2D eigenvalue weighted by Crippen LogP contribution is 2.06. The number of nitrogens with zero attached hydrogens (tertiary/aromatic N) is 2. The molecule has 14 heavy (non-hydrogen) atoms. The normalized spacial score (nSPS) is 10.3. The molecule has 4 nitrogen and oxygen atoms in total. The summed E-state index contributed by atoms with van der Waals surface area (Å²) in [5.41, 5.74) is 1.71. The Morgan fingerprint density at radius 2 is 2.07 bits per heavy atom. The van der Waals surface area contributed by atoms with E-state index in [2.05, 4.69) is 10.3 Å². The molecular formula is C10H17N3O. The molecule has 1 aromatic heterocycles. The van der Waals surface area contributed by atoms with E-state index in [-0.39, 0.29) is 5.56 Å². The summed E-state index contributed by atoms with van der Waals surface area (Å²) in [5, 5.41) is 2.93. The third kappa shape index (κ3) is 1.64. The number of anilines is 1. The van der Waals surface area contributed by atoms with Gasteiger partial charge in [0.05, 0.1) is 0 Å². The van der Waals surface area contributed by atoms with Gasteiger partial charge in [0.2, 0.25) is 5.95 Å². The topological polar surface area (TPSA) is 46.9 Å². The first kappa shape index (κ1) is 10.8. The van der Waals surface area contributed by atoms with Crippen LogP contribution in [0, 0.1) is 6.92 Å². The fourth-order valence-electron chi connectivity index (χ4n) is 1.59. The Morgan fingerprint density at radius 1 is 1.43 bits per heavy atom. The van der Waals surface area contributed by atoms with Crippen molar-refractivity contribution in [3.63, 3.8) is 0 Å². The highest BCUT2D eigenvalue weighted by atomic mass is 16.1. The molecule has 0 saturated carbocycles. The Hall–Kier alpha value is -1.32. The van der Waals surface area contributed by atoms with Crippen molar-refractivity contribution in [2.75, 3.05) is 12.4 Å². The van der Waals surface area contributed by atoms with E-state index in [1.807, 2.05) is 20.8 Å². The Balaban J connectivity index is 3.47. The smallest absolute Gasteiger partial charge is 0.258 e. The summed E-state index contributed by atoms with van der Waals surface area (Å²) in [6, 6.07) is 0. The molecule has 4 heteroatoms. The third-order valence-corrected chi connectivity index (χ3v) is 2.36. The highest BCUT2D eigenvalue weighted by molar-refractivity contribution is 5.30. The molecule has 0 saturated heterocycles. The van der Waals surface area contributed by atoms with Crippen LogP contribution in [0.4, 0.5) is 5.95 Å². The quantitative estimate of drug-likeness (QED) is 0.787. The van der Waals surface area contributed by atoms with Gasteiger partial charge in [-0.2, -0.15) is 0 Å². The lowest BCUT2D eigenvalue weighted by Crippen LogP contribution is -2.27. The maximum absolute atomic E-state index is 11.9. The number of aromatic nitrogens is 2. The van der Waals surface area contributed by atoms with Gasteiger partial charge >= 0.3 is 0 Å². The van der Waals surface area contributed by atoms with Gasteiger partial charge in [-0.3, -0.25) is 9.36 Å². The summed E-state index contributed by atoms with van der Waals surface area (Å²) >= 11 is 0. The minimum absolute atomic E-state index is 0.0758. The fraction of sp³-hybridized carbons (Fsp3) is 0.600. The van der Waals surface area contributed by atoms with Crippen LogP contribution < -0.4 is 10.9 Å². The monoisotopic (exact) mass is 195 g/mol. The Bertz CT molecular complexity index is 382. The number of hydrogen-bond acceptors (Lipinski definition) is 3. The van der Waals surface area contributed by atoms with Crippen LogP contribution in [0.3, 0.4) is 0 Å². The average Bonchev–Trinajstić information content (AvgIpc) is 2.17. The van der Waals surface area contributed by atoms with Crippen LogP contribution >= 0.6 is 0 Å². The van der Waals surface area contributed by atoms with Gasteiger partial charge in [-0.25, -0.2) is 4.98 Å². The third-order valence-electron chi connectivity index (χ3n) is 2.36. The van der Waals surface area contributed by atoms with Crippen molar-refractivity contribution in [3.05, 3.63) is 21.6 Å². The predicted octanol–water partition coefficient (Wildman–Crippen LogP) is 1.18. The zero-order chi connectivity index (χ0) is 10.7. The van der Waals surface area contributed by atoms with Gasteiger partial charge in [-0.1, -0.05) is 6.92 Å². The summed E-state index contributed by atoms with van der Waals surface area (Å²) in [6.45, 7) is 6.44. The molecule has 0 aromatic carbocycles. The minimum atomic E-state index is 0.0758. The van der Waals surface area contributed by atoms with Crippen molar-refractivity contribution < 1.29 is 0 Å². The second-order valence-electron chi connectivity index (χ2n) is 3.15. The lowest BCUT2D eigenvalue weighted by Gasteiger charge is -2.12. The molecular weight excluding hydrogens is 178 g/mol. The molecule has 0 atom stereocenters. The van der Waals surface area contributed by atoms with Gasteiger partial charge in [-0.05, 0) is 20.3 Å². The van der Waals surface area contributed by atoms with E-state index >= 15 is 0 Å². The summed E-state index contributed by atoms with van der Waals surface area (Å²) in [7, 11) is 1.78. The molecule has 1 aromatic rings. The first-order valence-electron chi connectivity index (χ1n) is 4.93. The van der Waals surface area contributed by atoms with Gasteiger partial charge in [0, 0.05) is 24.8 Å². The SMILES string of the molecule is CCc1c(C)nc(NC)n(CC)c1=O. The second-order valence-corrected chi connectivity index (χ2v) is 3.15. The Labute approximate surface area is 84.0 Å². The molecule has 0 amide bonds. The van der Waals surface area contributed by atoms with E-state index in [9.17, 15) is 4.79 Å². The molecule has 78 valence electrons. The van der Waals surface area contributed by atoms with Gasteiger partial charge < -0.3 is 5.32 Å². The van der Waals surface area contributed by atoms with Crippen LogP contribution in [-0.2, 0) is 13.0 Å². The molecule has 0 bridgehead atoms. The lowest BCUT2D eigenvalue weighted by atomic mass is 10.2. The van der Waals surface area contributed by atoms with Crippen molar-refractivity contribution in [2.45, 2.75) is 33.7 Å². The summed E-state index contributed by atoms with van der Waals surface area (Å²) in [4.78, 5) is 16.3. The number of nitrogens with one attached hydrogen (secondary N) is 1. The van der Waals surface area contributed by atoms with E-state index in [4.69, 9.17) is 0 Å². The van der Waals surface area contributed by atoms with E-state index in [1.165, 1.54) is 0 Å². The molecule has 0 fully saturated rings. The Kier molecular flexibility index (Phi) is 3.28. The number of hydrogen-bond donors (Lipinski definition) is 1. The van der Waals surface area contributed by atoms with Crippen LogP contribution in [0.25, 0.3) is 0 Å². The highest BCUT2D eigenvalue weighted by Gasteiger charge is 2.09. The molecule has 1 N–H and O–H groups in total. The van der Waals surface area contributed by atoms with Crippen molar-refractivity contribution in [3.8, 4) is 0 Å². The predicted molar refractivity (Wildman–Crippen MR) is 57.8 cm³/mol. The summed E-state index contributed by atoms with van der Waals surface area (Å²) in [5.74, 6) is 0.646. The lowest BCUT2D eigenvalue weighted by molar-refractivity contribution is 0.698. The molecule has 0 aliphatic heterocycles. The van der Waals surface area contributed by atoms with Crippen LogP contribution in [0.15, 0.2) is 4.79 Å². The van der Waals surface area contributed by atoms with Crippen molar-refractivity contribution in [1.82, 2.24) is 9.55 Å². The maximum atomic E-state index is 11.9. The Morgan fingerprint density at radius 3 is 2.50 bits per heavy atom. The van der Waals surface area contributed by atoms with Crippen LogP contribution in [0.5, 0.6) is 0 Å². The van der Waals surface area contributed by atoms with Crippen LogP contribution in [0.2, 0.25) is 0 Å². The zero-order valence-electron chi connectivity index (χ0n) is 9.22. The van der Waals surface area contributed by atoms with E-state index in [1.54, 1.807) is 11.6 Å². The molecule has 0 aliphatic rings. The van der Waals surface area contributed by atoms with Crippen molar-refractivity contribution in [2.24, 2.45) is 0 Å². The molecule has 0 spiro atoms. The van der Waals surface area contributed by atoms with E-state index in [0.717, 1.165) is 17.7 Å². The van der Waals surface area contributed by atoms with Crippen LogP contribution in [-0.4, -0.2) is 16.6 Å². The van der Waals surface area contributed by atoms with Crippen molar-refractivity contribution in [1.29, 1.82) is 0 Å². The van der Waals surface area contributed by atoms with Gasteiger partial charge in [-0.15, -0.1) is 0 Å². The molecule has 0 radical (unpaired) electrons. The molecule has 1 heterocycles. The summed E-state index contributed by atoms with van der Waals surface area (Å²) in [6.07, 6.45) is 0.738. The van der Waals surface area contributed by atoms with Gasteiger partial charge in [0.15, 0.2) is 0 Å². The van der Waals surface area contributed by atoms with E-state index < -0.39 is 0 Å². The maximum Gasteiger partial charge on any atom is 0.258 e. The first-order valence-corrected chi connectivity index (χ1v) is 4.93. The van der Waals surface area contributed by atoms with Crippen LogP contribution in [0.1, 0.15) is 25.1 Å². The molecule has 1 rings (SSSR count). The average molecular weight is 195 g/mol. The largest absolute Gasteiger partial charge is 0.359 e. The standard InChI is InChI=1S/C10H17N3O/c1-5-8-7(3)12-10(11-4)13(6-2)9(8)14/h5-6H2,1-4H3,(H,11,12). The van der Waals surface area contributed by atoms with Gasteiger partial charge in [0.1, 0.15) is 0 Å². The second kappa shape index (κ2) is 4.26. The fourth-order valence-corrected chi connectivity index (χ4v) is 1.59. The number of aryl methyl sites for hydroxylation is 1. The van der Waals surface area contributed by atoms with Gasteiger partial charge in [0.25, 0.3) is 5.56 Å². The minimum Gasteiger partial charge on any atom is -0.359 e. The number of rotatable bonds is 3. The molecule has 0 unspecified atom stereocenters. The van der Waals surface area contributed by atoms with Crippen molar-refractivity contribution >= 4 is 5.95 Å². The first-order chi connectivity index (χ1) is 6.65. The van der Waals surface area contributed by atoms with E-state index in [0.29, 0.717) is 12.5 Å².